The third-order valence-corrected chi connectivity index (χ3v) is 3.14. The molecule has 0 heterocycles. The first-order valence-corrected chi connectivity index (χ1v) is 6.51. The Balaban J connectivity index is 2.05. The van der Waals surface area contributed by atoms with E-state index in [2.05, 4.69) is 30.0 Å². The second kappa shape index (κ2) is 6.31. The third-order valence-electron chi connectivity index (χ3n) is 3.14. The minimum absolute atomic E-state index is 0.103. The number of hydrogen-bond donors (Lipinski definition) is 0. The molecule has 0 unspecified atom stereocenters. The van der Waals surface area contributed by atoms with Crippen LogP contribution in [0.25, 0.3) is 0 Å². The molecule has 0 spiro atoms. The molecule has 0 amide bonds. The van der Waals surface area contributed by atoms with Gasteiger partial charge in [0.1, 0.15) is 11.9 Å². The summed E-state index contributed by atoms with van der Waals surface area (Å²) in [5, 5.41) is 8.84. The SMILES string of the molecule is Cc1cccc(CN(C)Cc2ccc(F)c(C#N)c2)c1. The van der Waals surface area contributed by atoms with E-state index < -0.39 is 5.82 Å². The predicted molar refractivity (Wildman–Crippen MR) is 77.5 cm³/mol. The van der Waals surface area contributed by atoms with Gasteiger partial charge in [-0.2, -0.15) is 5.26 Å². The van der Waals surface area contributed by atoms with E-state index in [1.807, 2.05) is 19.2 Å². The maximum Gasteiger partial charge on any atom is 0.140 e. The van der Waals surface area contributed by atoms with Crippen LogP contribution in [0.5, 0.6) is 0 Å². The zero-order valence-electron chi connectivity index (χ0n) is 11.7. The Morgan fingerprint density at radius 2 is 1.80 bits per heavy atom. The number of nitriles is 1. The van der Waals surface area contributed by atoms with Gasteiger partial charge in [-0.15, -0.1) is 0 Å². The highest BCUT2D eigenvalue weighted by molar-refractivity contribution is 5.34. The second-order valence-electron chi connectivity index (χ2n) is 5.09. The van der Waals surface area contributed by atoms with Gasteiger partial charge in [-0.1, -0.05) is 35.9 Å². The van der Waals surface area contributed by atoms with Crippen molar-refractivity contribution in [3.63, 3.8) is 0 Å². The summed E-state index contributed by atoms with van der Waals surface area (Å²) >= 11 is 0. The van der Waals surface area contributed by atoms with Gasteiger partial charge in [0.15, 0.2) is 0 Å². The fourth-order valence-electron chi connectivity index (χ4n) is 2.25. The van der Waals surface area contributed by atoms with Crippen LogP contribution in [0.1, 0.15) is 22.3 Å². The number of halogens is 1. The fraction of sp³-hybridized carbons (Fsp3) is 0.235. The number of hydrogen-bond acceptors (Lipinski definition) is 2. The second-order valence-corrected chi connectivity index (χ2v) is 5.09. The topological polar surface area (TPSA) is 27.0 Å². The summed E-state index contributed by atoms with van der Waals surface area (Å²) in [7, 11) is 2.01. The maximum atomic E-state index is 13.3. The first-order valence-electron chi connectivity index (χ1n) is 6.51. The summed E-state index contributed by atoms with van der Waals surface area (Å²) < 4.78 is 13.3. The molecule has 0 aromatic heterocycles. The third kappa shape index (κ3) is 3.66. The molecule has 0 fully saturated rings. The average Bonchev–Trinajstić information content (AvgIpc) is 2.41. The van der Waals surface area contributed by atoms with Crippen molar-refractivity contribution >= 4 is 0 Å². The van der Waals surface area contributed by atoms with Crippen molar-refractivity contribution in [2.45, 2.75) is 20.0 Å². The summed E-state index contributed by atoms with van der Waals surface area (Å²) in [5.74, 6) is -0.461. The smallest absolute Gasteiger partial charge is 0.140 e. The molecule has 2 aromatic carbocycles. The molecular weight excluding hydrogens is 251 g/mol. The van der Waals surface area contributed by atoms with E-state index in [4.69, 9.17) is 5.26 Å². The maximum absolute atomic E-state index is 13.3. The van der Waals surface area contributed by atoms with Gasteiger partial charge in [-0.25, -0.2) is 4.39 Å². The van der Waals surface area contributed by atoms with Gasteiger partial charge in [0.05, 0.1) is 5.56 Å². The van der Waals surface area contributed by atoms with Crippen molar-refractivity contribution < 1.29 is 4.39 Å². The summed E-state index contributed by atoms with van der Waals surface area (Å²) in [4.78, 5) is 2.14. The van der Waals surface area contributed by atoms with Crippen molar-refractivity contribution in [2.24, 2.45) is 0 Å². The lowest BCUT2D eigenvalue weighted by Crippen LogP contribution is -2.17. The van der Waals surface area contributed by atoms with Crippen molar-refractivity contribution in [1.29, 1.82) is 5.26 Å². The Hall–Kier alpha value is -2.18. The molecule has 0 aliphatic rings. The van der Waals surface area contributed by atoms with Crippen LogP contribution in [0.2, 0.25) is 0 Å². The highest BCUT2D eigenvalue weighted by Gasteiger charge is 2.06. The van der Waals surface area contributed by atoms with Crippen molar-refractivity contribution in [1.82, 2.24) is 4.90 Å². The number of rotatable bonds is 4. The molecule has 20 heavy (non-hydrogen) atoms. The summed E-state index contributed by atoms with van der Waals surface area (Å²) in [6, 6.07) is 14.9. The highest BCUT2D eigenvalue weighted by atomic mass is 19.1. The van der Waals surface area contributed by atoms with Gasteiger partial charge in [-0.05, 0) is 37.2 Å². The number of aryl methyl sites for hydroxylation is 1. The minimum Gasteiger partial charge on any atom is -0.298 e. The van der Waals surface area contributed by atoms with Crippen molar-refractivity contribution in [3.8, 4) is 6.07 Å². The summed E-state index contributed by atoms with van der Waals surface area (Å²) in [5.41, 5.74) is 3.53. The molecule has 0 atom stereocenters. The molecule has 102 valence electrons. The molecule has 0 aliphatic heterocycles. The Bertz CT molecular complexity index is 644. The number of benzene rings is 2. The molecule has 2 rings (SSSR count). The normalized spacial score (nSPS) is 10.6. The largest absolute Gasteiger partial charge is 0.298 e. The lowest BCUT2D eigenvalue weighted by molar-refractivity contribution is 0.319. The molecule has 2 nitrogen and oxygen atoms in total. The Morgan fingerprint density at radius 1 is 1.10 bits per heavy atom. The van der Waals surface area contributed by atoms with Gasteiger partial charge in [-0.3, -0.25) is 4.90 Å². The van der Waals surface area contributed by atoms with Crippen LogP contribution in [0, 0.1) is 24.1 Å². The Labute approximate surface area is 119 Å². The van der Waals surface area contributed by atoms with Crippen molar-refractivity contribution in [3.05, 3.63) is 70.5 Å². The minimum atomic E-state index is -0.461. The van der Waals surface area contributed by atoms with Gasteiger partial charge < -0.3 is 0 Å². The molecule has 3 heteroatoms. The predicted octanol–water partition coefficient (Wildman–Crippen LogP) is 3.64. The van der Waals surface area contributed by atoms with Gasteiger partial charge in [0.2, 0.25) is 0 Å². The molecule has 0 bridgehead atoms. The monoisotopic (exact) mass is 268 g/mol. The van der Waals surface area contributed by atoms with Crippen LogP contribution in [-0.4, -0.2) is 11.9 Å². The summed E-state index contributed by atoms with van der Waals surface area (Å²) in [6.45, 7) is 3.58. The van der Waals surface area contributed by atoms with Crippen LogP contribution in [0.4, 0.5) is 4.39 Å². The Morgan fingerprint density at radius 3 is 2.45 bits per heavy atom. The quantitative estimate of drug-likeness (QED) is 0.846. The highest BCUT2D eigenvalue weighted by Crippen LogP contribution is 2.13. The van der Waals surface area contributed by atoms with E-state index in [1.54, 1.807) is 12.1 Å². The van der Waals surface area contributed by atoms with E-state index in [-0.39, 0.29) is 5.56 Å². The van der Waals surface area contributed by atoms with E-state index in [0.29, 0.717) is 6.54 Å². The van der Waals surface area contributed by atoms with E-state index >= 15 is 0 Å². The fourth-order valence-corrected chi connectivity index (χ4v) is 2.25. The molecule has 0 N–H and O–H groups in total. The molecule has 0 saturated heterocycles. The molecule has 0 aliphatic carbocycles. The first-order chi connectivity index (χ1) is 9.58. The lowest BCUT2D eigenvalue weighted by atomic mass is 10.1. The van der Waals surface area contributed by atoms with Gasteiger partial charge >= 0.3 is 0 Å². The summed E-state index contributed by atoms with van der Waals surface area (Å²) in [6.07, 6.45) is 0. The Kier molecular flexibility index (Phi) is 4.49. The van der Waals surface area contributed by atoms with Crippen molar-refractivity contribution in [2.75, 3.05) is 7.05 Å². The zero-order valence-corrected chi connectivity index (χ0v) is 11.7. The molecular formula is C17H17FN2. The van der Waals surface area contributed by atoms with E-state index in [9.17, 15) is 4.39 Å². The van der Waals surface area contributed by atoms with Crippen LogP contribution in [0.3, 0.4) is 0 Å². The van der Waals surface area contributed by atoms with Gasteiger partial charge in [0.25, 0.3) is 0 Å². The van der Waals surface area contributed by atoms with Crippen LogP contribution in [-0.2, 0) is 13.1 Å². The first kappa shape index (κ1) is 14.2. The number of nitrogens with zero attached hydrogens (tertiary/aromatic N) is 2. The zero-order chi connectivity index (χ0) is 14.5. The van der Waals surface area contributed by atoms with Crippen LogP contribution >= 0.6 is 0 Å². The molecule has 0 radical (unpaired) electrons. The average molecular weight is 268 g/mol. The van der Waals surface area contributed by atoms with Crippen LogP contribution in [0.15, 0.2) is 42.5 Å². The standard InChI is InChI=1S/C17H17FN2/c1-13-4-3-5-14(8-13)11-20(2)12-15-6-7-17(18)16(9-15)10-19/h3-9H,11-12H2,1-2H3. The molecule has 2 aromatic rings. The lowest BCUT2D eigenvalue weighted by Gasteiger charge is -2.17. The van der Waals surface area contributed by atoms with E-state index in [1.165, 1.54) is 17.2 Å². The van der Waals surface area contributed by atoms with E-state index in [0.717, 1.165) is 12.1 Å². The van der Waals surface area contributed by atoms with Crippen LogP contribution < -0.4 is 0 Å². The van der Waals surface area contributed by atoms with Gasteiger partial charge in [0, 0.05) is 13.1 Å². The molecule has 0 saturated carbocycles.